The van der Waals surface area contributed by atoms with Crippen molar-refractivity contribution in [1.82, 2.24) is 48.5 Å². The van der Waals surface area contributed by atoms with Gasteiger partial charge < -0.3 is 35.2 Å². The van der Waals surface area contributed by atoms with E-state index in [9.17, 15) is 39.0 Å². The Labute approximate surface area is 586 Å². The van der Waals surface area contributed by atoms with Gasteiger partial charge in [-0.3, -0.25) is 33.0 Å². The van der Waals surface area contributed by atoms with Gasteiger partial charge in [-0.2, -0.15) is 0 Å². The number of fused-ring (bicyclic) bond motifs is 2. The number of piperidine rings is 2. The first kappa shape index (κ1) is 72.8. The second-order valence-corrected chi connectivity index (χ2v) is 28.2. The molecule has 5 atom stereocenters. The molecule has 4 heterocycles. The Hall–Kier alpha value is -9.92. The Morgan fingerprint density at radius 1 is 0.480 bits per heavy atom. The van der Waals surface area contributed by atoms with Gasteiger partial charge in [-0.05, 0) is 152 Å². The summed E-state index contributed by atoms with van der Waals surface area (Å²) in [6.45, 7) is 16.0. The van der Waals surface area contributed by atoms with Gasteiger partial charge >= 0.3 is 35.8 Å². The number of aryl methyl sites for hydroxylation is 1. The van der Waals surface area contributed by atoms with Crippen LogP contribution < -0.4 is 22.0 Å². The van der Waals surface area contributed by atoms with Gasteiger partial charge in [0, 0.05) is 89.5 Å². The number of hydrogen-bond donors (Lipinski definition) is 4. The molecule has 2 aromatic heterocycles. The highest BCUT2D eigenvalue weighted by Gasteiger charge is 2.45. The van der Waals surface area contributed by atoms with Crippen molar-refractivity contribution in [2.45, 2.75) is 168 Å². The molecule has 0 bridgehead atoms. The summed E-state index contributed by atoms with van der Waals surface area (Å²) in [5.74, 6) is -0.215. The van der Waals surface area contributed by atoms with E-state index in [0.717, 1.165) is 72.1 Å². The Bertz CT molecular complexity index is 4140. The van der Waals surface area contributed by atoms with Crippen molar-refractivity contribution in [2.75, 3.05) is 32.7 Å². The van der Waals surface area contributed by atoms with E-state index >= 15 is 0 Å². The summed E-state index contributed by atoms with van der Waals surface area (Å²) in [6, 6.07) is 66.3. The van der Waals surface area contributed by atoms with E-state index in [1.165, 1.54) is 16.7 Å². The monoisotopic (exact) mass is 1360 g/mol. The number of ether oxygens (including phenoxy) is 2. The topological polar surface area (TPSA) is 218 Å². The molecular weight excluding hydrogens is 1260 g/mol. The molecule has 2 aliphatic heterocycles. The van der Waals surface area contributed by atoms with Crippen molar-refractivity contribution in [2.24, 2.45) is 5.92 Å². The zero-order valence-corrected chi connectivity index (χ0v) is 58.6. The number of carbonyl (C=O) groups excluding carboxylic acids is 2. The lowest BCUT2D eigenvalue weighted by Crippen LogP contribution is -2.59. The van der Waals surface area contributed by atoms with Crippen LogP contribution >= 0.6 is 0 Å². The van der Waals surface area contributed by atoms with Crippen LogP contribution in [0.3, 0.4) is 0 Å². The Kier molecular flexibility index (Phi) is 24.9. The molecule has 11 rings (SSSR count). The standard InChI is InChI=1S/C43H51N5O5.C37H47N5O5/c1-43(2,3)53-40(49)44-27-29-46-37-24-13-14-25-38(37)48(41(46)50)36-26-28-47(42(51)52)39(35(36)23-15-22-32-16-7-4-8-17-32)45(30-33-18-9-5-10-19-33)31-34-20-11-6-12-21-34;1-37(2,3)47-34(43)38-21-24-41-32-18-10-11-19-33(32)42(35(41)44)31-20-23-40(36(45)46)30(25-31)17-12-22-39(26-28-13-6-4-7-14-28)27-29-15-8-5-9-16-29/h4-14,16-21,24-25,35-36,39H,15,22-23,26-31H2,1-3H3,(H,44,49)(H,51,52);4-11,13-16,18-19,30-31H,12,17,20-27H2,1-3H3,(H,38,43)(H,45,46)/t35?,36-,39-;/m0./s1. The summed E-state index contributed by atoms with van der Waals surface area (Å²) < 4.78 is 17.9. The van der Waals surface area contributed by atoms with E-state index in [4.69, 9.17) is 9.47 Å². The number of hydrogen-bond acceptors (Lipinski definition) is 10. The highest BCUT2D eigenvalue weighted by Crippen LogP contribution is 2.41. The van der Waals surface area contributed by atoms with E-state index in [-0.39, 0.29) is 61.6 Å². The quantitative estimate of drug-likeness (QED) is 0.0420. The van der Waals surface area contributed by atoms with Gasteiger partial charge in [0.15, 0.2) is 0 Å². The molecule has 3 unspecified atom stereocenters. The van der Waals surface area contributed by atoms with Crippen LogP contribution in [-0.2, 0) is 55.2 Å². The number of nitrogens with one attached hydrogen (secondary N) is 2. The van der Waals surface area contributed by atoms with Crippen LogP contribution in [0.2, 0.25) is 0 Å². The van der Waals surface area contributed by atoms with E-state index in [1.54, 1.807) is 39.7 Å². The predicted octanol–water partition coefficient (Wildman–Crippen LogP) is 14.4. The highest BCUT2D eigenvalue weighted by atomic mass is 16.6. The summed E-state index contributed by atoms with van der Waals surface area (Å²) in [5.41, 5.74) is 7.49. The maximum atomic E-state index is 14.6. The second kappa shape index (κ2) is 34.2. The normalized spacial score (nSPS) is 17.2. The number of alkyl carbamates (subject to hydrolysis) is 2. The Morgan fingerprint density at radius 2 is 0.880 bits per heavy atom. The van der Waals surface area contributed by atoms with Crippen LogP contribution in [0.15, 0.2) is 210 Å². The molecule has 0 radical (unpaired) electrons. The smallest absolute Gasteiger partial charge is 0.408 e. The maximum absolute atomic E-state index is 14.6. The van der Waals surface area contributed by atoms with Crippen molar-refractivity contribution in [3.8, 4) is 0 Å². The number of para-hydroxylation sites is 4. The number of benzene rings is 7. The van der Waals surface area contributed by atoms with Crippen molar-refractivity contribution in [3.63, 3.8) is 0 Å². The van der Waals surface area contributed by atoms with E-state index in [0.29, 0.717) is 58.3 Å². The first-order valence-corrected chi connectivity index (χ1v) is 35.2. The number of likely N-dealkylation sites (tertiary alicyclic amines) is 2. The minimum absolute atomic E-state index is 0.141. The van der Waals surface area contributed by atoms with Gasteiger partial charge in [0.2, 0.25) is 0 Å². The van der Waals surface area contributed by atoms with Gasteiger partial charge in [0.05, 0.1) is 28.2 Å². The SMILES string of the molecule is CC(C)(C)OC(=O)NCCn1c(=O)n(C2CCN(C(=O)O)C(CCCN(Cc3ccccc3)Cc3ccccc3)C2)c2ccccc21.CC(C)(C)OC(=O)NCCn1c(=O)n([C@H]2CCN(C(=O)O)[C@H](N(Cc3ccccc3)Cc3ccccc3)C2CCCc2ccccc2)c2ccccc21. The fourth-order valence-corrected chi connectivity index (χ4v) is 14.4. The molecule has 20 nitrogen and oxygen atoms in total. The molecule has 2 fully saturated rings. The molecule has 0 aliphatic carbocycles. The van der Waals surface area contributed by atoms with Gasteiger partial charge in [-0.25, -0.2) is 28.8 Å². The number of nitrogens with zero attached hydrogens (tertiary/aromatic N) is 8. The molecule has 0 saturated carbocycles. The minimum atomic E-state index is -0.962. The third-order valence-corrected chi connectivity index (χ3v) is 18.7. The minimum Gasteiger partial charge on any atom is -0.465 e. The number of carbonyl (C=O) groups is 4. The first-order valence-electron chi connectivity index (χ1n) is 35.2. The van der Waals surface area contributed by atoms with Crippen LogP contribution in [0, 0.1) is 5.92 Å². The molecule has 2 saturated heterocycles. The third kappa shape index (κ3) is 19.7. The van der Waals surface area contributed by atoms with Gasteiger partial charge in [-0.15, -0.1) is 0 Å². The van der Waals surface area contributed by atoms with Gasteiger partial charge in [0.1, 0.15) is 11.2 Å². The van der Waals surface area contributed by atoms with E-state index < -0.39 is 41.7 Å². The van der Waals surface area contributed by atoms with Crippen molar-refractivity contribution in [1.29, 1.82) is 0 Å². The molecule has 0 spiro atoms. The lowest BCUT2D eigenvalue weighted by Gasteiger charge is -2.49. The second-order valence-electron chi connectivity index (χ2n) is 28.2. The summed E-state index contributed by atoms with van der Waals surface area (Å²) in [5, 5.41) is 26.4. The third-order valence-electron chi connectivity index (χ3n) is 18.7. The van der Waals surface area contributed by atoms with Crippen LogP contribution in [0.4, 0.5) is 19.2 Å². The molecule has 100 heavy (non-hydrogen) atoms. The fourth-order valence-electron chi connectivity index (χ4n) is 14.4. The van der Waals surface area contributed by atoms with Crippen LogP contribution in [0.1, 0.15) is 126 Å². The molecule has 20 heteroatoms. The summed E-state index contributed by atoms with van der Waals surface area (Å²) in [4.78, 5) is 86.6. The molecule has 4 amide bonds. The molecule has 9 aromatic rings. The zero-order valence-electron chi connectivity index (χ0n) is 58.6. The lowest BCUT2D eigenvalue weighted by atomic mass is 9.83. The lowest BCUT2D eigenvalue weighted by molar-refractivity contribution is -0.0493. The van der Waals surface area contributed by atoms with Crippen LogP contribution in [-0.4, -0.2) is 129 Å². The number of aromatic nitrogens is 4. The largest absolute Gasteiger partial charge is 0.465 e. The van der Waals surface area contributed by atoms with Gasteiger partial charge in [0.25, 0.3) is 0 Å². The highest BCUT2D eigenvalue weighted by molar-refractivity contribution is 5.77. The average molecular weight is 1360 g/mol. The average Bonchev–Trinajstić information content (AvgIpc) is 0.879. The van der Waals surface area contributed by atoms with Crippen molar-refractivity contribution >= 4 is 46.4 Å². The molecule has 4 N–H and O–H groups in total. The molecule has 2 aliphatic rings. The summed E-state index contributed by atoms with van der Waals surface area (Å²) in [6.07, 6.45) is 2.08. The number of amides is 4. The Morgan fingerprint density at radius 3 is 1.33 bits per heavy atom. The predicted molar refractivity (Wildman–Crippen MR) is 391 cm³/mol. The number of rotatable bonds is 25. The fraction of sp³-hybridized carbons (Fsp3) is 0.400. The number of carboxylic acid groups (broad SMARTS) is 2. The summed E-state index contributed by atoms with van der Waals surface area (Å²) in [7, 11) is 0. The van der Waals surface area contributed by atoms with E-state index in [2.05, 4.69) is 105 Å². The zero-order chi connectivity index (χ0) is 70.8. The molecule has 528 valence electrons. The van der Waals surface area contributed by atoms with Crippen LogP contribution in [0.5, 0.6) is 0 Å². The maximum Gasteiger partial charge on any atom is 0.408 e. The molecule has 7 aromatic carbocycles. The van der Waals surface area contributed by atoms with Crippen molar-refractivity contribution < 1.29 is 38.9 Å². The molecular formula is C80H98N10O10. The Balaban J connectivity index is 0.000000218. The van der Waals surface area contributed by atoms with Crippen molar-refractivity contribution in [3.05, 3.63) is 249 Å². The van der Waals surface area contributed by atoms with E-state index in [1.807, 2.05) is 145 Å². The van der Waals surface area contributed by atoms with Crippen LogP contribution in [0.25, 0.3) is 22.1 Å². The summed E-state index contributed by atoms with van der Waals surface area (Å²) >= 11 is 0. The van der Waals surface area contributed by atoms with Gasteiger partial charge in [-0.1, -0.05) is 176 Å². The number of imidazole rings is 2. The first-order chi connectivity index (χ1) is 48.2.